The van der Waals surface area contributed by atoms with Crippen LogP contribution in [0.3, 0.4) is 0 Å². The molecule has 0 atom stereocenters. The van der Waals surface area contributed by atoms with E-state index >= 15 is 0 Å². The van der Waals surface area contributed by atoms with Crippen LogP contribution in [0.2, 0.25) is 0 Å². The van der Waals surface area contributed by atoms with Crippen molar-refractivity contribution < 1.29 is 0 Å². The fraction of sp³-hybridized carbons (Fsp3) is 0. The van der Waals surface area contributed by atoms with Gasteiger partial charge in [0.15, 0.2) is 0 Å². The Morgan fingerprint density at radius 2 is 1.33 bits per heavy atom. The third kappa shape index (κ3) is 1.48. The average Bonchev–Trinajstić information content (AvgIpc) is 2.59. The first-order valence-electron chi connectivity index (χ1n) is 2.99. The third-order valence-electron chi connectivity index (χ3n) is 1.34. The molecule has 0 aliphatic carbocycles. The summed E-state index contributed by atoms with van der Waals surface area (Å²) in [6, 6.07) is 0. The third-order valence-corrected chi connectivity index (χ3v) is 4.28. The smallest absolute Gasteiger partial charge is 0.127 e. The molecule has 0 aliphatic heterocycles. The van der Waals surface area contributed by atoms with Crippen molar-refractivity contribution in [1.29, 1.82) is 0 Å². The predicted octanol–water partition coefficient (Wildman–Crippen LogP) is 3.79. The van der Waals surface area contributed by atoms with Crippen molar-refractivity contribution in [3.05, 3.63) is 20.0 Å². The van der Waals surface area contributed by atoms with Crippen LogP contribution in [0, 0.1) is 0 Å². The minimum absolute atomic E-state index is 0.883. The van der Waals surface area contributed by atoms with Crippen molar-refractivity contribution in [3.8, 4) is 11.1 Å². The number of hydrogen-bond acceptors (Lipinski definition) is 4. The second-order valence-corrected chi connectivity index (χ2v) is 4.80. The number of rotatable bonds is 1. The molecular formula is C6H2Br2N2S2. The van der Waals surface area contributed by atoms with Gasteiger partial charge in [-0.2, -0.15) is 8.75 Å². The van der Waals surface area contributed by atoms with Gasteiger partial charge in [-0.1, -0.05) is 0 Å². The topological polar surface area (TPSA) is 25.8 Å². The maximum absolute atomic E-state index is 4.13. The van der Waals surface area contributed by atoms with Crippen molar-refractivity contribution in [3.63, 3.8) is 0 Å². The molecular weight excluding hydrogens is 324 g/mol. The molecule has 0 saturated heterocycles. The summed E-state index contributed by atoms with van der Waals surface area (Å²) in [5.74, 6) is 0. The zero-order valence-corrected chi connectivity index (χ0v) is 10.4. The van der Waals surface area contributed by atoms with E-state index in [4.69, 9.17) is 0 Å². The monoisotopic (exact) mass is 324 g/mol. The lowest BCUT2D eigenvalue weighted by atomic mass is 10.2. The Balaban J connectivity index is 2.57. The van der Waals surface area contributed by atoms with E-state index in [1.165, 1.54) is 23.1 Å². The van der Waals surface area contributed by atoms with Gasteiger partial charge in [-0.15, -0.1) is 0 Å². The lowest BCUT2D eigenvalue weighted by molar-refractivity contribution is 1.45. The summed E-state index contributed by atoms with van der Waals surface area (Å²) in [7, 11) is 0. The minimum atomic E-state index is 0.883. The lowest BCUT2D eigenvalue weighted by Crippen LogP contribution is -1.72. The van der Waals surface area contributed by atoms with Crippen LogP contribution >= 0.6 is 54.9 Å². The van der Waals surface area contributed by atoms with E-state index < -0.39 is 0 Å². The summed E-state index contributed by atoms with van der Waals surface area (Å²) in [5, 5.41) is 4.00. The Bertz CT molecular complexity index is 357. The first-order chi connectivity index (χ1) is 5.79. The molecule has 2 rings (SSSR count). The molecule has 0 bridgehead atoms. The van der Waals surface area contributed by atoms with Gasteiger partial charge in [0.2, 0.25) is 0 Å². The van der Waals surface area contributed by atoms with Crippen LogP contribution in [0.25, 0.3) is 11.1 Å². The second kappa shape index (κ2) is 3.53. The standard InChI is InChI=1S/C6H2Br2N2S2/c7-5-3(1-11-9-5)4-2-12-10-6(4)8/h1-2H. The van der Waals surface area contributed by atoms with Crippen molar-refractivity contribution in [1.82, 2.24) is 8.75 Å². The second-order valence-electron chi connectivity index (χ2n) is 2.04. The summed E-state index contributed by atoms with van der Waals surface area (Å²) in [6.07, 6.45) is 0. The SMILES string of the molecule is Brc1nscc1-c1csnc1Br. The zero-order chi connectivity index (χ0) is 8.55. The number of nitrogens with zero attached hydrogens (tertiary/aromatic N) is 2. The van der Waals surface area contributed by atoms with Crippen LogP contribution in [-0.2, 0) is 0 Å². The molecule has 0 radical (unpaired) electrons. The van der Waals surface area contributed by atoms with Gasteiger partial charge in [0, 0.05) is 21.9 Å². The van der Waals surface area contributed by atoms with Gasteiger partial charge < -0.3 is 0 Å². The molecule has 0 amide bonds. The van der Waals surface area contributed by atoms with Crippen LogP contribution in [0.1, 0.15) is 0 Å². The maximum Gasteiger partial charge on any atom is 0.127 e. The minimum Gasteiger partial charge on any atom is -0.185 e. The van der Waals surface area contributed by atoms with Gasteiger partial charge in [0.1, 0.15) is 9.21 Å². The molecule has 0 aromatic carbocycles. The summed E-state index contributed by atoms with van der Waals surface area (Å²) in [5.41, 5.74) is 2.20. The van der Waals surface area contributed by atoms with Gasteiger partial charge >= 0.3 is 0 Å². The van der Waals surface area contributed by atoms with Gasteiger partial charge in [0.25, 0.3) is 0 Å². The van der Waals surface area contributed by atoms with Crippen molar-refractivity contribution in [2.75, 3.05) is 0 Å². The van der Waals surface area contributed by atoms with Crippen molar-refractivity contribution in [2.24, 2.45) is 0 Å². The number of hydrogen-bond donors (Lipinski definition) is 0. The highest BCUT2D eigenvalue weighted by molar-refractivity contribution is 9.11. The largest absolute Gasteiger partial charge is 0.185 e. The fourth-order valence-corrected chi connectivity index (χ4v) is 3.43. The highest BCUT2D eigenvalue weighted by Crippen LogP contribution is 2.34. The molecule has 0 unspecified atom stereocenters. The zero-order valence-electron chi connectivity index (χ0n) is 5.62. The van der Waals surface area contributed by atoms with Crippen molar-refractivity contribution in [2.45, 2.75) is 0 Å². The van der Waals surface area contributed by atoms with Crippen LogP contribution in [0.15, 0.2) is 20.0 Å². The van der Waals surface area contributed by atoms with E-state index in [-0.39, 0.29) is 0 Å². The average molecular weight is 326 g/mol. The molecule has 0 saturated carbocycles. The van der Waals surface area contributed by atoms with Crippen LogP contribution in [0.4, 0.5) is 0 Å². The maximum atomic E-state index is 4.13. The van der Waals surface area contributed by atoms with E-state index in [0.29, 0.717) is 0 Å². The Morgan fingerprint density at radius 1 is 0.917 bits per heavy atom. The summed E-state index contributed by atoms with van der Waals surface area (Å²) < 4.78 is 10.0. The molecule has 0 fully saturated rings. The molecule has 0 spiro atoms. The Hall–Kier alpha value is 0.220. The Morgan fingerprint density at radius 3 is 1.58 bits per heavy atom. The predicted molar refractivity (Wildman–Crippen MR) is 58.6 cm³/mol. The van der Waals surface area contributed by atoms with Gasteiger partial charge in [-0.05, 0) is 54.9 Å². The molecule has 2 aromatic heterocycles. The fourth-order valence-electron chi connectivity index (χ4n) is 0.795. The van der Waals surface area contributed by atoms with E-state index in [0.717, 1.165) is 20.3 Å². The quantitative estimate of drug-likeness (QED) is 0.797. The van der Waals surface area contributed by atoms with E-state index in [9.17, 15) is 0 Å². The van der Waals surface area contributed by atoms with E-state index in [2.05, 4.69) is 40.6 Å². The van der Waals surface area contributed by atoms with Gasteiger partial charge in [0.05, 0.1) is 0 Å². The highest BCUT2D eigenvalue weighted by atomic mass is 79.9. The Labute approximate surface area is 94.2 Å². The molecule has 0 N–H and O–H groups in total. The normalized spacial score (nSPS) is 10.5. The molecule has 2 nitrogen and oxygen atoms in total. The molecule has 2 heterocycles. The molecule has 0 aliphatic rings. The lowest BCUT2D eigenvalue weighted by Gasteiger charge is -1.91. The van der Waals surface area contributed by atoms with Crippen LogP contribution in [-0.4, -0.2) is 8.75 Å². The number of aromatic nitrogens is 2. The Kier molecular flexibility index (Phi) is 2.59. The van der Waals surface area contributed by atoms with Crippen molar-refractivity contribution >= 4 is 54.9 Å². The van der Waals surface area contributed by atoms with E-state index in [1.807, 2.05) is 10.8 Å². The van der Waals surface area contributed by atoms with Gasteiger partial charge in [-0.25, -0.2) is 0 Å². The molecule has 12 heavy (non-hydrogen) atoms. The van der Waals surface area contributed by atoms with Crippen LogP contribution in [0.5, 0.6) is 0 Å². The van der Waals surface area contributed by atoms with Crippen LogP contribution < -0.4 is 0 Å². The molecule has 6 heteroatoms. The highest BCUT2D eigenvalue weighted by Gasteiger charge is 2.10. The molecule has 62 valence electrons. The summed E-state index contributed by atoms with van der Waals surface area (Å²) in [4.78, 5) is 0. The summed E-state index contributed by atoms with van der Waals surface area (Å²) in [6.45, 7) is 0. The van der Waals surface area contributed by atoms with Gasteiger partial charge in [-0.3, -0.25) is 0 Å². The summed E-state index contributed by atoms with van der Waals surface area (Å²) >= 11 is 9.62. The molecule has 2 aromatic rings. The number of halogens is 2. The first kappa shape index (κ1) is 8.80. The van der Waals surface area contributed by atoms with E-state index in [1.54, 1.807) is 0 Å². The first-order valence-corrected chi connectivity index (χ1v) is 6.25.